The number of nitrogens with one attached hydrogen (secondary N) is 1. The van der Waals surface area contributed by atoms with E-state index in [0.29, 0.717) is 30.2 Å². The zero-order valence-electron chi connectivity index (χ0n) is 12.5. The molecule has 0 bridgehead atoms. The van der Waals surface area contributed by atoms with Crippen LogP contribution in [0.5, 0.6) is 17.2 Å². The summed E-state index contributed by atoms with van der Waals surface area (Å²) < 4.78 is 16.3. The van der Waals surface area contributed by atoms with Crippen molar-refractivity contribution in [1.82, 2.24) is 5.32 Å². The molecule has 1 aromatic carbocycles. The van der Waals surface area contributed by atoms with Crippen molar-refractivity contribution in [1.29, 1.82) is 0 Å². The minimum absolute atomic E-state index is 0.0262. The van der Waals surface area contributed by atoms with Gasteiger partial charge in [0, 0.05) is 12.1 Å². The first kappa shape index (κ1) is 15.4. The molecule has 1 aromatic rings. The van der Waals surface area contributed by atoms with E-state index in [2.05, 4.69) is 5.32 Å². The molecule has 0 aliphatic carbocycles. The van der Waals surface area contributed by atoms with Crippen LogP contribution < -0.4 is 25.3 Å². The van der Waals surface area contributed by atoms with Crippen LogP contribution >= 0.6 is 0 Å². The van der Waals surface area contributed by atoms with Crippen molar-refractivity contribution in [3.63, 3.8) is 0 Å². The highest BCUT2D eigenvalue weighted by Crippen LogP contribution is 2.38. The van der Waals surface area contributed by atoms with Gasteiger partial charge >= 0.3 is 0 Å². The van der Waals surface area contributed by atoms with Gasteiger partial charge in [0.15, 0.2) is 18.1 Å². The number of carbonyl (C=O) groups is 1. The van der Waals surface area contributed by atoms with Crippen LogP contribution in [0.3, 0.4) is 0 Å². The topological polar surface area (TPSA) is 82.8 Å². The lowest BCUT2D eigenvalue weighted by Gasteiger charge is -2.14. The number of carbonyl (C=O) groups excluding carboxylic acids is 1. The Morgan fingerprint density at radius 1 is 1.43 bits per heavy atom. The van der Waals surface area contributed by atoms with Crippen molar-refractivity contribution in [2.75, 3.05) is 19.9 Å². The zero-order chi connectivity index (χ0) is 15.2. The van der Waals surface area contributed by atoms with Crippen molar-refractivity contribution < 1.29 is 19.0 Å². The molecule has 3 N–H and O–H groups in total. The molecule has 0 radical (unpaired) electrons. The quantitative estimate of drug-likeness (QED) is 0.790. The van der Waals surface area contributed by atoms with Crippen molar-refractivity contribution in [2.45, 2.75) is 32.7 Å². The molecule has 1 aliphatic heterocycles. The average molecular weight is 294 g/mol. The van der Waals surface area contributed by atoms with E-state index < -0.39 is 0 Å². The fraction of sp³-hybridized carbons (Fsp3) is 0.533. The molecular formula is C15H22N2O4. The van der Waals surface area contributed by atoms with Crippen LogP contribution in [0.25, 0.3) is 0 Å². The Labute approximate surface area is 124 Å². The van der Waals surface area contributed by atoms with Crippen LogP contribution in [0.1, 0.15) is 25.8 Å². The Kier molecular flexibility index (Phi) is 5.27. The number of nitrogens with two attached hydrogens (primary N) is 1. The molecule has 6 nitrogen and oxygen atoms in total. The normalized spacial score (nSPS) is 13.9. The molecule has 0 aromatic heterocycles. The summed E-state index contributed by atoms with van der Waals surface area (Å²) in [7, 11) is 0. The molecule has 21 heavy (non-hydrogen) atoms. The van der Waals surface area contributed by atoms with Gasteiger partial charge in [-0.1, -0.05) is 6.92 Å². The molecular weight excluding hydrogens is 272 g/mol. The highest BCUT2D eigenvalue weighted by molar-refractivity contribution is 5.77. The monoisotopic (exact) mass is 294 g/mol. The summed E-state index contributed by atoms with van der Waals surface area (Å²) in [5, 5.41) is 2.86. The van der Waals surface area contributed by atoms with Crippen molar-refractivity contribution in [3.05, 3.63) is 17.7 Å². The number of benzene rings is 1. The molecule has 116 valence electrons. The van der Waals surface area contributed by atoms with Crippen molar-refractivity contribution in [3.8, 4) is 17.2 Å². The third-order valence-corrected chi connectivity index (χ3v) is 3.35. The number of rotatable bonds is 7. The second kappa shape index (κ2) is 7.17. The Balaban J connectivity index is 2.03. The van der Waals surface area contributed by atoms with E-state index in [0.717, 1.165) is 12.0 Å². The average Bonchev–Trinajstić information content (AvgIpc) is 2.92. The first-order chi connectivity index (χ1) is 10.1. The minimum Gasteiger partial charge on any atom is -0.483 e. The lowest BCUT2D eigenvalue weighted by Crippen LogP contribution is -2.35. The molecule has 6 heteroatoms. The molecule has 2 rings (SSSR count). The molecule has 0 saturated carbocycles. The molecule has 1 heterocycles. The van der Waals surface area contributed by atoms with Crippen LogP contribution in [-0.2, 0) is 11.2 Å². The van der Waals surface area contributed by atoms with Gasteiger partial charge in [-0.25, -0.2) is 0 Å². The van der Waals surface area contributed by atoms with E-state index in [-0.39, 0.29) is 25.3 Å². The number of hydrogen-bond acceptors (Lipinski definition) is 5. The van der Waals surface area contributed by atoms with E-state index in [1.165, 1.54) is 0 Å². The van der Waals surface area contributed by atoms with Gasteiger partial charge in [-0.3, -0.25) is 4.79 Å². The second-order valence-corrected chi connectivity index (χ2v) is 5.02. The maximum atomic E-state index is 11.8. The lowest BCUT2D eigenvalue weighted by atomic mass is 10.1. The molecule has 1 unspecified atom stereocenters. The first-order valence-corrected chi connectivity index (χ1v) is 7.18. The molecule has 1 amide bonds. The molecule has 0 spiro atoms. The van der Waals surface area contributed by atoms with Crippen LogP contribution in [0.2, 0.25) is 0 Å². The Morgan fingerprint density at radius 3 is 2.81 bits per heavy atom. The summed E-state index contributed by atoms with van der Waals surface area (Å²) in [4.78, 5) is 11.8. The lowest BCUT2D eigenvalue weighted by molar-refractivity contribution is -0.123. The summed E-state index contributed by atoms with van der Waals surface area (Å²) >= 11 is 0. The third-order valence-electron chi connectivity index (χ3n) is 3.35. The first-order valence-electron chi connectivity index (χ1n) is 7.18. The fourth-order valence-corrected chi connectivity index (χ4v) is 2.01. The van der Waals surface area contributed by atoms with Gasteiger partial charge in [0.2, 0.25) is 6.79 Å². The van der Waals surface area contributed by atoms with Crippen LogP contribution in [0, 0.1) is 0 Å². The Morgan fingerprint density at radius 2 is 2.14 bits per heavy atom. The largest absolute Gasteiger partial charge is 0.483 e. The standard InChI is InChI=1S/C15H22N2O4/c1-3-10(2)17-15(18)8-19-12-7-14-13(20-9-21-14)6-11(12)4-5-16/h6-7,10H,3-5,8-9,16H2,1-2H3,(H,17,18). The molecule has 1 aliphatic rings. The Hall–Kier alpha value is -1.95. The SMILES string of the molecule is CCC(C)NC(=O)COc1cc2c(cc1CCN)OCO2. The molecule has 0 saturated heterocycles. The van der Waals surface area contributed by atoms with Crippen LogP contribution in [0.15, 0.2) is 12.1 Å². The number of fused-ring (bicyclic) bond motifs is 1. The second-order valence-electron chi connectivity index (χ2n) is 5.02. The van der Waals surface area contributed by atoms with Gasteiger partial charge in [0.25, 0.3) is 5.91 Å². The predicted molar refractivity (Wildman–Crippen MR) is 78.7 cm³/mol. The third kappa shape index (κ3) is 4.01. The summed E-state index contributed by atoms with van der Waals surface area (Å²) in [5.41, 5.74) is 6.52. The zero-order valence-corrected chi connectivity index (χ0v) is 12.5. The van der Waals surface area contributed by atoms with Gasteiger partial charge in [-0.2, -0.15) is 0 Å². The highest BCUT2D eigenvalue weighted by atomic mass is 16.7. The maximum absolute atomic E-state index is 11.8. The van der Waals surface area contributed by atoms with E-state index in [9.17, 15) is 4.79 Å². The molecule has 0 fully saturated rings. The van der Waals surface area contributed by atoms with Crippen molar-refractivity contribution >= 4 is 5.91 Å². The van der Waals surface area contributed by atoms with Crippen LogP contribution in [0.4, 0.5) is 0 Å². The number of hydrogen-bond donors (Lipinski definition) is 2. The smallest absolute Gasteiger partial charge is 0.258 e. The fourth-order valence-electron chi connectivity index (χ4n) is 2.01. The van der Waals surface area contributed by atoms with E-state index in [4.69, 9.17) is 19.9 Å². The summed E-state index contributed by atoms with van der Waals surface area (Å²) in [5.74, 6) is 1.80. The summed E-state index contributed by atoms with van der Waals surface area (Å²) in [6, 6.07) is 3.75. The van der Waals surface area contributed by atoms with E-state index in [1.807, 2.05) is 19.9 Å². The van der Waals surface area contributed by atoms with Crippen LogP contribution in [-0.4, -0.2) is 31.9 Å². The predicted octanol–water partition coefficient (Wildman–Crippen LogP) is 1.21. The van der Waals surface area contributed by atoms with Gasteiger partial charge in [0.05, 0.1) is 0 Å². The molecule has 1 atom stereocenters. The highest BCUT2D eigenvalue weighted by Gasteiger charge is 2.18. The van der Waals surface area contributed by atoms with Crippen molar-refractivity contribution in [2.24, 2.45) is 5.73 Å². The maximum Gasteiger partial charge on any atom is 0.258 e. The van der Waals surface area contributed by atoms with Gasteiger partial charge in [0.1, 0.15) is 5.75 Å². The minimum atomic E-state index is -0.138. The van der Waals surface area contributed by atoms with E-state index >= 15 is 0 Å². The summed E-state index contributed by atoms with van der Waals surface area (Å²) in [6.07, 6.45) is 1.53. The van der Waals surface area contributed by atoms with Gasteiger partial charge < -0.3 is 25.3 Å². The summed E-state index contributed by atoms with van der Waals surface area (Å²) in [6.45, 7) is 4.65. The number of amides is 1. The number of ether oxygens (including phenoxy) is 3. The van der Waals surface area contributed by atoms with Gasteiger partial charge in [-0.05, 0) is 37.9 Å². The van der Waals surface area contributed by atoms with E-state index in [1.54, 1.807) is 6.07 Å². The Bertz CT molecular complexity index is 505. The van der Waals surface area contributed by atoms with Gasteiger partial charge in [-0.15, -0.1) is 0 Å².